The molecule has 0 saturated carbocycles. The molecule has 0 aliphatic carbocycles. The van der Waals surface area contributed by atoms with Crippen molar-refractivity contribution in [1.82, 2.24) is 15.5 Å². The molecule has 9 nitrogen and oxygen atoms in total. The van der Waals surface area contributed by atoms with E-state index in [1.165, 1.54) is 109 Å². The normalized spacial score (nSPS) is 12.2. The maximum absolute atomic E-state index is 12.5. The zero-order valence-electron chi connectivity index (χ0n) is 26.9. The van der Waals surface area contributed by atoms with Crippen molar-refractivity contribution >= 4 is 18.0 Å². The van der Waals surface area contributed by atoms with E-state index >= 15 is 0 Å². The zero-order valence-corrected chi connectivity index (χ0v) is 26.9. The van der Waals surface area contributed by atoms with Crippen molar-refractivity contribution in [3.63, 3.8) is 0 Å². The first-order valence-electron chi connectivity index (χ1n) is 16.0. The highest BCUT2D eigenvalue weighted by molar-refractivity contribution is 5.93. The summed E-state index contributed by atoms with van der Waals surface area (Å²) in [6, 6.07) is -0.484. The van der Waals surface area contributed by atoms with E-state index in [0.717, 1.165) is 19.4 Å². The summed E-state index contributed by atoms with van der Waals surface area (Å²) in [6.45, 7) is 7.42. The van der Waals surface area contributed by atoms with Gasteiger partial charge in [-0.1, -0.05) is 103 Å². The topological polar surface area (TPSA) is 97.0 Å². The van der Waals surface area contributed by atoms with Gasteiger partial charge in [-0.2, -0.15) is 0 Å². The van der Waals surface area contributed by atoms with Crippen LogP contribution in [0.3, 0.4) is 0 Å². The molecule has 0 fully saturated rings. The Hall–Kier alpha value is -1.87. The first kappa shape index (κ1) is 38.1. The third-order valence-electron chi connectivity index (χ3n) is 7.52. The number of hydrogen-bond donors (Lipinski definition) is 2. The molecule has 1 atom stereocenters. The molecule has 0 aromatic carbocycles. The number of ether oxygens (including phenoxy) is 2. The fraction of sp³-hybridized carbons (Fsp3) is 0.903. The van der Waals surface area contributed by atoms with Gasteiger partial charge in [0.1, 0.15) is 12.7 Å². The number of unbranched alkanes of at least 4 members (excludes halogenated alkanes) is 15. The molecule has 40 heavy (non-hydrogen) atoms. The molecule has 236 valence electrons. The van der Waals surface area contributed by atoms with E-state index < -0.39 is 18.2 Å². The van der Waals surface area contributed by atoms with Gasteiger partial charge in [-0.05, 0) is 13.3 Å². The molecule has 0 aliphatic rings. The maximum atomic E-state index is 12.5. The van der Waals surface area contributed by atoms with Crippen LogP contribution < -0.4 is 10.6 Å². The first-order chi connectivity index (χ1) is 19.2. The minimum absolute atomic E-state index is 0.0121. The van der Waals surface area contributed by atoms with Crippen LogP contribution in [0.15, 0.2) is 0 Å². The highest BCUT2D eigenvalue weighted by Crippen LogP contribution is 2.13. The van der Waals surface area contributed by atoms with Gasteiger partial charge in [0.05, 0.1) is 20.6 Å². The average molecular weight is 572 g/mol. The number of nitrogens with one attached hydrogen (secondary N) is 2. The molecule has 9 heteroatoms. The van der Waals surface area contributed by atoms with Crippen LogP contribution in [-0.4, -0.2) is 87.6 Å². The van der Waals surface area contributed by atoms with Gasteiger partial charge in [0.2, 0.25) is 5.91 Å². The number of rotatable bonds is 25. The lowest BCUT2D eigenvalue weighted by molar-refractivity contribution is -0.895. The third kappa shape index (κ3) is 21.9. The van der Waals surface area contributed by atoms with Gasteiger partial charge in [-0.15, -0.1) is 0 Å². The molecule has 0 bridgehead atoms. The van der Waals surface area contributed by atoms with Crippen LogP contribution in [-0.2, 0) is 14.3 Å². The van der Waals surface area contributed by atoms with E-state index in [9.17, 15) is 14.4 Å². The molecule has 2 N–H and O–H groups in total. The quantitative estimate of drug-likeness (QED) is 0.0731. The number of methoxy groups -OCH3 is 1. The Morgan fingerprint density at radius 3 is 1.65 bits per heavy atom. The van der Waals surface area contributed by atoms with Crippen molar-refractivity contribution in [3.05, 3.63) is 0 Å². The molecule has 1 unspecified atom stereocenters. The van der Waals surface area contributed by atoms with Crippen molar-refractivity contribution in [2.75, 3.05) is 54.1 Å². The molecule has 0 rings (SSSR count). The van der Waals surface area contributed by atoms with E-state index in [1.54, 1.807) is 0 Å². The number of alkyl carbamates (subject to hydrolysis) is 1. The Labute approximate surface area is 245 Å². The summed E-state index contributed by atoms with van der Waals surface area (Å²) in [7, 11) is 5.40. The van der Waals surface area contributed by atoms with Gasteiger partial charge in [-0.3, -0.25) is 4.79 Å². The summed E-state index contributed by atoms with van der Waals surface area (Å²) in [6.07, 6.45) is 20.1. The highest BCUT2D eigenvalue weighted by atomic mass is 16.6. The Morgan fingerprint density at radius 2 is 1.23 bits per heavy atom. The predicted octanol–water partition coefficient (Wildman–Crippen LogP) is 6.60. The summed E-state index contributed by atoms with van der Waals surface area (Å²) in [4.78, 5) is 37.7. The van der Waals surface area contributed by atoms with Crippen molar-refractivity contribution in [3.8, 4) is 0 Å². The highest BCUT2D eigenvalue weighted by Gasteiger charge is 2.26. The predicted molar refractivity (Wildman–Crippen MR) is 163 cm³/mol. The average Bonchev–Trinajstić information content (AvgIpc) is 2.93. The molecule has 0 saturated heterocycles. The van der Waals surface area contributed by atoms with Crippen molar-refractivity contribution in [2.45, 2.75) is 130 Å². The Morgan fingerprint density at radius 1 is 0.750 bits per heavy atom. The molecular formula is C31H63N4O5+. The van der Waals surface area contributed by atoms with Crippen LogP contribution in [0.2, 0.25) is 0 Å². The summed E-state index contributed by atoms with van der Waals surface area (Å²) in [5.41, 5.74) is 0. The number of hydrogen-bond acceptors (Lipinski definition) is 5. The number of quaternary nitrogens is 1. The Kier molecular flexibility index (Phi) is 23.7. The fourth-order valence-corrected chi connectivity index (χ4v) is 4.38. The minimum atomic E-state index is -0.507. The van der Waals surface area contributed by atoms with Gasteiger partial charge in [0, 0.05) is 27.1 Å². The van der Waals surface area contributed by atoms with Gasteiger partial charge in [0.15, 0.2) is 6.67 Å². The SMILES string of the molecule is CCCCCCCCCCCCCCCCCCNC(=O)OCC(CNC(=O)N(C[N+](C)(C)CC)C(C)=O)OC. The Bertz CT molecular complexity index is 660. The van der Waals surface area contributed by atoms with Crippen molar-refractivity contribution in [1.29, 1.82) is 0 Å². The van der Waals surface area contributed by atoms with E-state index in [1.807, 2.05) is 21.0 Å². The lowest BCUT2D eigenvalue weighted by Crippen LogP contribution is -2.55. The second kappa shape index (κ2) is 24.9. The molecule has 0 radical (unpaired) electrons. The van der Waals surface area contributed by atoms with Crippen LogP contribution >= 0.6 is 0 Å². The molecule has 0 aliphatic heterocycles. The summed E-state index contributed by atoms with van der Waals surface area (Å²) < 4.78 is 11.1. The van der Waals surface area contributed by atoms with Crippen LogP contribution in [0.5, 0.6) is 0 Å². The molecule has 0 heterocycles. The van der Waals surface area contributed by atoms with Crippen LogP contribution in [0, 0.1) is 0 Å². The third-order valence-corrected chi connectivity index (χ3v) is 7.52. The second-order valence-corrected chi connectivity index (χ2v) is 11.7. The molecular weight excluding hydrogens is 508 g/mol. The standard InChI is InChI=1S/C31H62N4O5/c1-7-9-10-11-12-13-14-15-16-17-18-19-20-21-22-23-24-32-31(38)40-26-29(39-6)25-33-30(37)34(28(3)36)27-35(4,5)8-2/h29H,7-27H2,1-6H3,(H-,32,33,37,38)/p+1. The number of urea groups is 1. The number of carbonyl (C=O) groups is 3. The monoisotopic (exact) mass is 571 g/mol. The van der Waals surface area contributed by atoms with Gasteiger partial charge >= 0.3 is 12.1 Å². The van der Waals surface area contributed by atoms with Gasteiger partial charge in [-0.25, -0.2) is 14.5 Å². The van der Waals surface area contributed by atoms with Crippen LogP contribution in [0.4, 0.5) is 9.59 Å². The summed E-state index contributed by atoms with van der Waals surface area (Å²) in [5.74, 6) is -0.323. The van der Waals surface area contributed by atoms with Crippen LogP contribution in [0.1, 0.15) is 124 Å². The smallest absolute Gasteiger partial charge is 0.407 e. The van der Waals surface area contributed by atoms with E-state index in [2.05, 4.69) is 17.6 Å². The maximum Gasteiger partial charge on any atom is 0.407 e. The number of carbonyl (C=O) groups excluding carboxylic acids is 3. The lowest BCUT2D eigenvalue weighted by atomic mass is 10.0. The molecule has 0 spiro atoms. The number of amides is 4. The van der Waals surface area contributed by atoms with Crippen molar-refractivity contribution in [2.24, 2.45) is 0 Å². The minimum Gasteiger partial charge on any atom is -0.447 e. The fourth-order valence-electron chi connectivity index (χ4n) is 4.38. The molecule has 0 aromatic rings. The molecule has 4 amide bonds. The number of nitrogens with zero attached hydrogens (tertiary/aromatic N) is 2. The van der Waals surface area contributed by atoms with E-state index in [-0.39, 0.29) is 25.7 Å². The van der Waals surface area contributed by atoms with Crippen molar-refractivity contribution < 1.29 is 28.3 Å². The molecule has 0 aromatic heterocycles. The summed E-state index contributed by atoms with van der Waals surface area (Å²) in [5, 5.41) is 5.49. The number of imide groups is 1. The Balaban J connectivity index is 3.78. The van der Waals surface area contributed by atoms with E-state index in [0.29, 0.717) is 11.0 Å². The first-order valence-corrected chi connectivity index (χ1v) is 16.0. The summed E-state index contributed by atoms with van der Waals surface area (Å²) >= 11 is 0. The lowest BCUT2D eigenvalue weighted by Gasteiger charge is -2.33. The van der Waals surface area contributed by atoms with Gasteiger partial charge < -0.3 is 24.6 Å². The van der Waals surface area contributed by atoms with E-state index in [4.69, 9.17) is 9.47 Å². The zero-order chi connectivity index (χ0) is 30.1. The van der Waals surface area contributed by atoms with Crippen LogP contribution in [0.25, 0.3) is 0 Å². The largest absolute Gasteiger partial charge is 0.447 e. The second-order valence-electron chi connectivity index (χ2n) is 11.7. The van der Waals surface area contributed by atoms with Gasteiger partial charge in [0.25, 0.3) is 0 Å².